The third-order valence-corrected chi connectivity index (χ3v) is 3.62. The number of nitrogens with one attached hydrogen (secondary N) is 1. The molecule has 106 valence electrons. The summed E-state index contributed by atoms with van der Waals surface area (Å²) in [4.78, 5) is 0. The Morgan fingerprint density at radius 1 is 1.15 bits per heavy atom. The normalized spacial score (nSPS) is 12.2. The van der Waals surface area contributed by atoms with Crippen LogP contribution in [-0.2, 0) is 0 Å². The van der Waals surface area contributed by atoms with E-state index in [0.717, 1.165) is 22.4 Å². The van der Waals surface area contributed by atoms with Crippen molar-refractivity contribution in [1.82, 2.24) is 5.32 Å². The van der Waals surface area contributed by atoms with Crippen molar-refractivity contribution in [3.8, 4) is 5.75 Å². The molecule has 0 saturated carbocycles. The highest BCUT2D eigenvalue weighted by atomic mass is 35.5. The van der Waals surface area contributed by atoms with Crippen LogP contribution >= 0.6 is 11.6 Å². The number of rotatable bonds is 4. The number of hydrogen-bond donors (Lipinski definition) is 1. The standard InChI is InChI=1S/C16H17ClFNO/c1-10-8-11(5-7-15(10)20-3)16(19-2)12-4-6-13(17)14(18)9-12/h4-9,16,19H,1-3H3. The first kappa shape index (κ1) is 14.8. The summed E-state index contributed by atoms with van der Waals surface area (Å²) in [7, 11) is 3.49. The summed E-state index contributed by atoms with van der Waals surface area (Å²) in [5.41, 5.74) is 2.92. The van der Waals surface area contributed by atoms with Gasteiger partial charge in [0.05, 0.1) is 18.2 Å². The van der Waals surface area contributed by atoms with Crippen LogP contribution in [0, 0.1) is 12.7 Å². The molecule has 0 aromatic heterocycles. The van der Waals surface area contributed by atoms with E-state index in [1.165, 1.54) is 6.07 Å². The number of hydrogen-bond acceptors (Lipinski definition) is 2. The number of halogens is 2. The number of benzene rings is 2. The van der Waals surface area contributed by atoms with Gasteiger partial charge >= 0.3 is 0 Å². The van der Waals surface area contributed by atoms with Crippen LogP contribution in [0.2, 0.25) is 5.02 Å². The van der Waals surface area contributed by atoms with Gasteiger partial charge in [0.2, 0.25) is 0 Å². The molecule has 0 radical (unpaired) electrons. The minimum atomic E-state index is -0.408. The highest BCUT2D eigenvalue weighted by Crippen LogP contribution is 2.28. The highest BCUT2D eigenvalue weighted by Gasteiger charge is 2.14. The zero-order valence-electron chi connectivity index (χ0n) is 11.7. The molecule has 2 aromatic rings. The van der Waals surface area contributed by atoms with Gasteiger partial charge in [-0.05, 0) is 48.9 Å². The molecule has 20 heavy (non-hydrogen) atoms. The van der Waals surface area contributed by atoms with Crippen LogP contribution in [0.4, 0.5) is 4.39 Å². The predicted octanol–water partition coefficient (Wildman–Crippen LogP) is 4.10. The fraction of sp³-hybridized carbons (Fsp3) is 0.250. The van der Waals surface area contributed by atoms with E-state index < -0.39 is 5.82 Å². The van der Waals surface area contributed by atoms with Gasteiger partial charge in [-0.3, -0.25) is 0 Å². The number of aryl methyl sites for hydroxylation is 1. The fourth-order valence-electron chi connectivity index (χ4n) is 2.30. The van der Waals surface area contributed by atoms with Crippen LogP contribution in [0.15, 0.2) is 36.4 Å². The van der Waals surface area contributed by atoms with E-state index in [1.54, 1.807) is 13.2 Å². The zero-order chi connectivity index (χ0) is 14.7. The lowest BCUT2D eigenvalue weighted by atomic mass is 9.97. The molecule has 1 N–H and O–H groups in total. The summed E-state index contributed by atoms with van der Waals surface area (Å²) in [6.07, 6.45) is 0. The molecule has 0 aliphatic rings. The molecule has 0 saturated heterocycles. The Morgan fingerprint density at radius 2 is 1.80 bits per heavy atom. The van der Waals surface area contributed by atoms with Crippen LogP contribution in [-0.4, -0.2) is 14.2 Å². The predicted molar refractivity (Wildman–Crippen MR) is 80.0 cm³/mol. The van der Waals surface area contributed by atoms with Crippen molar-refractivity contribution in [2.45, 2.75) is 13.0 Å². The van der Waals surface area contributed by atoms with E-state index in [9.17, 15) is 4.39 Å². The van der Waals surface area contributed by atoms with Crippen molar-refractivity contribution in [1.29, 1.82) is 0 Å². The monoisotopic (exact) mass is 293 g/mol. The van der Waals surface area contributed by atoms with Crippen LogP contribution in [0.1, 0.15) is 22.7 Å². The van der Waals surface area contributed by atoms with Crippen LogP contribution in [0.5, 0.6) is 5.75 Å². The molecular weight excluding hydrogens is 277 g/mol. The SMILES string of the molecule is CNC(c1ccc(OC)c(C)c1)c1ccc(Cl)c(F)c1. The van der Waals surface area contributed by atoms with Gasteiger partial charge in [-0.1, -0.05) is 29.8 Å². The first-order valence-corrected chi connectivity index (χ1v) is 6.71. The van der Waals surface area contributed by atoms with Gasteiger partial charge in [0, 0.05) is 0 Å². The lowest BCUT2D eigenvalue weighted by molar-refractivity contribution is 0.411. The Morgan fingerprint density at radius 3 is 2.35 bits per heavy atom. The second-order valence-corrected chi connectivity index (χ2v) is 5.03. The molecule has 0 aliphatic carbocycles. The first-order chi connectivity index (χ1) is 9.56. The molecule has 1 unspecified atom stereocenters. The molecule has 4 heteroatoms. The second kappa shape index (κ2) is 6.25. The minimum absolute atomic E-state index is 0.0913. The zero-order valence-corrected chi connectivity index (χ0v) is 12.5. The number of ether oxygens (including phenoxy) is 1. The third kappa shape index (κ3) is 2.94. The van der Waals surface area contributed by atoms with E-state index in [4.69, 9.17) is 16.3 Å². The summed E-state index contributed by atoms with van der Waals surface area (Å²) in [5, 5.41) is 3.33. The van der Waals surface area contributed by atoms with E-state index in [1.807, 2.05) is 38.2 Å². The van der Waals surface area contributed by atoms with Crippen molar-refractivity contribution in [2.24, 2.45) is 0 Å². The minimum Gasteiger partial charge on any atom is -0.496 e. The maximum absolute atomic E-state index is 13.6. The molecule has 0 bridgehead atoms. The van der Waals surface area contributed by atoms with E-state index >= 15 is 0 Å². The quantitative estimate of drug-likeness (QED) is 0.916. The van der Waals surface area contributed by atoms with Crippen molar-refractivity contribution in [3.05, 3.63) is 63.9 Å². The van der Waals surface area contributed by atoms with Crippen molar-refractivity contribution in [3.63, 3.8) is 0 Å². The summed E-state index contributed by atoms with van der Waals surface area (Å²) in [5.74, 6) is 0.431. The average Bonchev–Trinajstić information content (AvgIpc) is 2.44. The lowest BCUT2D eigenvalue weighted by Crippen LogP contribution is -2.18. The first-order valence-electron chi connectivity index (χ1n) is 6.33. The smallest absolute Gasteiger partial charge is 0.142 e. The Labute approximate surface area is 123 Å². The largest absolute Gasteiger partial charge is 0.496 e. The molecule has 0 fully saturated rings. The Balaban J connectivity index is 2.41. The van der Waals surface area contributed by atoms with E-state index in [2.05, 4.69) is 5.32 Å². The van der Waals surface area contributed by atoms with Gasteiger partial charge < -0.3 is 10.1 Å². The van der Waals surface area contributed by atoms with E-state index in [0.29, 0.717) is 0 Å². The topological polar surface area (TPSA) is 21.3 Å². The molecule has 0 aliphatic heterocycles. The molecule has 1 atom stereocenters. The van der Waals surface area contributed by atoms with Gasteiger partial charge in [0.1, 0.15) is 11.6 Å². The van der Waals surface area contributed by atoms with E-state index in [-0.39, 0.29) is 11.1 Å². The summed E-state index contributed by atoms with van der Waals surface area (Å²) in [6, 6.07) is 10.7. The fourth-order valence-corrected chi connectivity index (χ4v) is 2.42. The summed E-state index contributed by atoms with van der Waals surface area (Å²) < 4.78 is 18.9. The maximum Gasteiger partial charge on any atom is 0.142 e. The molecule has 2 aromatic carbocycles. The summed E-state index contributed by atoms with van der Waals surface area (Å²) in [6.45, 7) is 1.98. The van der Waals surface area contributed by atoms with Gasteiger partial charge in [-0.25, -0.2) is 4.39 Å². The molecule has 2 nitrogen and oxygen atoms in total. The molecule has 2 rings (SSSR count). The average molecular weight is 294 g/mol. The molecular formula is C16H17ClFNO. The second-order valence-electron chi connectivity index (χ2n) is 4.62. The van der Waals surface area contributed by atoms with Crippen LogP contribution in [0.3, 0.4) is 0 Å². The van der Waals surface area contributed by atoms with Crippen molar-refractivity contribution >= 4 is 11.6 Å². The molecule has 0 heterocycles. The van der Waals surface area contributed by atoms with Gasteiger partial charge in [0.15, 0.2) is 0 Å². The van der Waals surface area contributed by atoms with Gasteiger partial charge in [0.25, 0.3) is 0 Å². The Bertz CT molecular complexity index is 615. The number of methoxy groups -OCH3 is 1. The third-order valence-electron chi connectivity index (χ3n) is 3.32. The Kier molecular flexibility index (Phi) is 4.63. The van der Waals surface area contributed by atoms with Gasteiger partial charge in [-0.15, -0.1) is 0 Å². The van der Waals surface area contributed by atoms with Crippen molar-refractivity contribution < 1.29 is 9.13 Å². The van der Waals surface area contributed by atoms with Crippen LogP contribution in [0.25, 0.3) is 0 Å². The van der Waals surface area contributed by atoms with Gasteiger partial charge in [-0.2, -0.15) is 0 Å². The lowest BCUT2D eigenvalue weighted by Gasteiger charge is -2.19. The molecule has 0 amide bonds. The highest BCUT2D eigenvalue weighted by molar-refractivity contribution is 6.30. The molecule has 0 spiro atoms. The maximum atomic E-state index is 13.6. The summed E-state index contributed by atoms with van der Waals surface area (Å²) >= 11 is 5.73. The van der Waals surface area contributed by atoms with Crippen molar-refractivity contribution in [2.75, 3.05) is 14.2 Å². The van der Waals surface area contributed by atoms with Crippen LogP contribution < -0.4 is 10.1 Å². The Hall–Kier alpha value is -1.58.